The summed E-state index contributed by atoms with van der Waals surface area (Å²) in [6.07, 6.45) is 7.74. The number of likely N-dealkylation sites (tertiary alicyclic amines) is 1. The Labute approximate surface area is 127 Å². The van der Waals surface area contributed by atoms with Crippen molar-refractivity contribution in [1.29, 1.82) is 0 Å². The molecule has 1 aromatic carbocycles. The fraction of sp³-hybridized carbons (Fsp3) is 0.611. The van der Waals surface area contributed by atoms with E-state index in [4.69, 9.17) is 0 Å². The van der Waals surface area contributed by atoms with Crippen LogP contribution in [0.3, 0.4) is 0 Å². The highest BCUT2D eigenvalue weighted by Crippen LogP contribution is 2.23. The van der Waals surface area contributed by atoms with Crippen LogP contribution in [0.1, 0.15) is 55.7 Å². The van der Waals surface area contributed by atoms with E-state index in [0.717, 1.165) is 26.1 Å². The third-order valence-corrected chi connectivity index (χ3v) is 4.78. The number of carbonyl (C=O) groups is 1. The maximum atomic E-state index is 12.0. The highest BCUT2D eigenvalue weighted by Gasteiger charge is 2.17. The zero-order valence-electron chi connectivity index (χ0n) is 12.8. The lowest BCUT2D eigenvalue weighted by Gasteiger charge is -2.24. The molecular weight excluding hydrogens is 260 g/mol. The summed E-state index contributed by atoms with van der Waals surface area (Å²) >= 11 is 0. The predicted octanol–water partition coefficient (Wildman–Crippen LogP) is 3.06. The normalized spacial score (nSPS) is 22.5. The Kier molecular flexibility index (Phi) is 4.91. The van der Waals surface area contributed by atoms with E-state index in [2.05, 4.69) is 29.6 Å². The molecule has 3 heteroatoms. The molecule has 1 N–H and O–H groups in total. The maximum Gasteiger partial charge on any atom is 0.222 e. The number of benzene rings is 1. The van der Waals surface area contributed by atoms with Crippen molar-refractivity contribution < 1.29 is 4.79 Å². The summed E-state index contributed by atoms with van der Waals surface area (Å²) in [5, 5.41) is 3.58. The van der Waals surface area contributed by atoms with Crippen molar-refractivity contribution in [2.45, 2.75) is 51.0 Å². The number of rotatable bonds is 4. The zero-order chi connectivity index (χ0) is 14.5. The summed E-state index contributed by atoms with van der Waals surface area (Å²) < 4.78 is 0. The lowest BCUT2D eigenvalue weighted by atomic mass is 9.96. The molecule has 0 aliphatic carbocycles. The molecule has 0 aromatic heterocycles. The lowest BCUT2D eigenvalue weighted by molar-refractivity contribution is -0.130. The molecule has 2 saturated heterocycles. The monoisotopic (exact) mass is 286 g/mol. The van der Waals surface area contributed by atoms with Crippen molar-refractivity contribution >= 4 is 5.91 Å². The number of amides is 1. The number of piperidine rings is 1. The van der Waals surface area contributed by atoms with Crippen LogP contribution in [-0.2, 0) is 11.2 Å². The summed E-state index contributed by atoms with van der Waals surface area (Å²) in [4.78, 5) is 14.1. The van der Waals surface area contributed by atoms with E-state index in [1.807, 2.05) is 4.90 Å². The van der Waals surface area contributed by atoms with Crippen LogP contribution in [0.2, 0.25) is 0 Å². The summed E-state index contributed by atoms with van der Waals surface area (Å²) in [6, 6.07) is 9.39. The van der Waals surface area contributed by atoms with Gasteiger partial charge in [-0.15, -0.1) is 0 Å². The number of hydrogen-bond acceptors (Lipinski definition) is 2. The number of nitrogens with zero attached hydrogens (tertiary/aromatic N) is 1. The van der Waals surface area contributed by atoms with Gasteiger partial charge in [0.15, 0.2) is 0 Å². The van der Waals surface area contributed by atoms with Crippen molar-refractivity contribution in [2.24, 2.45) is 0 Å². The summed E-state index contributed by atoms with van der Waals surface area (Å²) in [5.74, 6) is 0.325. The van der Waals surface area contributed by atoms with Crippen molar-refractivity contribution in [3.63, 3.8) is 0 Å². The third-order valence-electron chi connectivity index (χ3n) is 4.78. The van der Waals surface area contributed by atoms with Gasteiger partial charge < -0.3 is 10.2 Å². The van der Waals surface area contributed by atoms with Gasteiger partial charge >= 0.3 is 0 Å². The fourth-order valence-corrected chi connectivity index (χ4v) is 3.43. The first-order valence-corrected chi connectivity index (χ1v) is 8.43. The van der Waals surface area contributed by atoms with Gasteiger partial charge in [0.1, 0.15) is 0 Å². The fourth-order valence-electron chi connectivity index (χ4n) is 3.43. The lowest BCUT2D eigenvalue weighted by Crippen LogP contribution is -2.27. The van der Waals surface area contributed by atoms with Gasteiger partial charge in [-0.2, -0.15) is 0 Å². The number of nitrogens with one attached hydrogen (secondary N) is 1. The molecule has 1 amide bonds. The zero-order valence-corrected chi connectivity index (χ0v) is 12.8. The van der Waals surface area contributed by atoms with Crippen molar-refractivity contribution in [1.82, 2.24) is 10.2 Å². The second-order valence-electron chi connectivity index (χ2n) is 6.33. The molecule has 2 heterocycles. The van der Waals surface area contributed by atoms with E-state index in [0.29, 0.717) is 18.4 Å². The topological polar surface area (TPSA) is 32.3 Å². The first-order valence-electron chi connectivity index (χ1n) is 8.43. The molecular formula is C18H26N2O. The molecule has 0 radical (unpaired) electrons. The van der Waals surface area contributed by atoms with Crippen LogP contribution in [0.4, 0.5) is 0 Å². The Morgan fingerprint density at radius 3 is 2.52 bits per heavy atom. The molecule has 3 rings (SSSR count). The summed E-state index contributed by atoms with van der Waals surface area (Å²) in [7, 11) is 0. The van der Waals surface area contributed by atoms with Crippen LogP contribution in [-0.4, -0.2) is 30.4 Å². The molecule has 2 aliphatic rings. The van der Waals surface area contributed by atoms with Crippen molar-refractivity contribution in [2.75, 3.05) is 19.6 Å². The van der Waals surface area contributed by atoms with E-state index < -0.39 is 0 Å². The quantitative estimate of drug-likeness (QED) is 0.922. The smallest absolute Gasteiger partial charge is 0.222 e. The van der Waals surface area contributed by atoms with E-state index in [9.17, 15) is 4.79 Å². The Bertz CT molecular complexity index is 457. The molecule has 1 atom stereocenters. The van der Waals surface area contributed by atoms with Gasteiger partial charge in [0, 0.05) is 25.6 Å². The molecule has 114 valence electrons. The minimum absolute atomic E-state index is 0.325. The van der Waals surface area contributed by atoms with Gasteiger partial charge in [-0.25, -0.2) is 0 Å². The average Bonchev–Trinajstić information content (AvgIpc) is 3.08. The van der Waals surface area contributed by atoms with Crippen LogP contribution in [0, 0.1) is 0 Å². The van der Waals surface area contributed by atoms with Crippen LogP contribution < -0.4 is 5.32 Å². The molecule has 1 aromatic rings. The first-order chi connectivity index (χ1) is 10.3. The van der Waals surface area contributed by atoms with Crippen LogP contribution in [0.15, 0.2) is 24.3 Å². The second-order valence-corrected chi connectivity index (χ2v) is 6.33. The molecule has 21 heavy (non-hydrogen) atoms. The molecule has 2 aliphatic heterocycles. The van der Waals surface area contributed by atoms with Gasteiger partial charge in [-0.1, -0.05) is 30.7 Å². The molecule has 0 bridgehead atoms. The van der Waals surface area contributed by atoms with Crippen molar-refractivity contribution in [3.05, 3.63) is 35.4 Å². The Morgan fingerprint density at radius 2 is 1.86 bits per heavy atom. The summed E-state index contributed by atoms with van der Waals surface area (Å²) in [5.41, 5.74) is 2.67. The van der Waals surface area contributed by atoms with Crippen molar-refractivity contribution in [3.8, 4) is 0 Å². The Hall–Kier alpha value is -1.35. The van der Waals surface area contributed by atoms with Gasteiger partial charge in [-0.05, 0) is 49.8 Å². The van der Waals surface area contributed by atoms with Gasteiger partial charge in [0.25, 0.3) is 0 Å². The Morgan fingerprint density at radius 1 is 1.10 bits per heavy atom. The molecule has 1 unspecified atom stereocenters. The van der Waals surface area contributed by atoms with E-state index >= 15 is 0 Å². The van der Waals surface area contributed by atoms with Crippen LogP contribution in [0.5, 0.6) is 0 Å². The highest BCUT2D eigenvalue weighted by molar-refractivity contribution is 5.76. The third kappa shape index (κ3) is 3.85. The Balaban J connectivity index is 1.50. The predicted molar refractivity (Wildman–Crippen MR) is 85.2 cm³/mol. The van der Waals surface area contributed by atoms with Gasteiger partial charge in [0.2, 0.25) is 5.91 Å². The van der Waals surface area contributed by atoms with E-state index in [1.54, 1.807) is 0 Å². The first kappa shape index (κ1) is 14.6. The van der Waals surface area contributed by atoms with Crippen LogP contribution in [0.25, 0.3) is 0 Å². The van der Waals surface area contributed by atoms with E-state index in [1.165, 1.54) is 43.2 Å². The highest BCUT2D eigenvalue weighted by atomic mass is 16.2. The van der Waals surface area contributed by atoms with Crippen LogP contribution >= 0.6 is 0 Å². The van der Waals surface area contributed by atoms with Gasteiger partial charge in [-0.3, -0.25) is 4.79 Å². The minimum atomic E-state index is 0.325. The average molecular weight is 286 g/mol. The molecule has 3 nitrogen and oxygen atoms in total. The molecule has 2 fully saturated rings. The number of carbonyl (C=O) groups excluding carboxylic acids is 1. The largest absolute Gasteiger partial charge is 0.343 e. The second kappa shape index (κ2) is 7.08. The molecule has 0 spiro atoms. The number of hydrogen-bond donors (Lipinski definition) is 1. The maximum absolute atomic E-state index is 12.0. The minimum Gasteiger partial charge on any atom is -0.343 e. The standard InChI is InChI=1S/C18H26N2O/c21-18(20-13-3-4-14-20)11-8-15-6-9-16(10-7-15)17-5-1-2-12-19-17/h6-7,9-10,17,19H,1-5,8,11-14H2. The molecule has 0 saturated carbocycles. The van der Waals surface area contributed by atoms with E-state index in [-0.39, 0.29) is 0 Å². The van der Waals surface area contributed by atoms with Gasteiger partial charge in [0.05, 0.1) is 0 Å². The number of aryl methyl sites for hydroxylation is 1. The SMILES string of the molecule is O=C(CCc1ccc(C2CCCCN2)cc1)N1CCCC1. The summed E-state index contributed by atoms with van der Waals surface area (Å²) in [6.45, 7) is 3.06.